The third kappa shape index (κ3) is 2.11. The predicted octanol–water partition coefficient (Wildman–Crippen LogP) is 0.259. The van der Waals surface area contributed by atoms with Gasteiger partial charge in [0.05, 0.1) is 25.4 Å². The summed E-state index contributed by atoms with van der Waals surface area (Å²) in [5.41, 5.74) is 6.48. The molecular weight excluding hydrogens is 258 g/mol. The number of aliphatic hydroxyl groups excluding tert-OH is 1. The number of hydrogen-bond donors (Lipinski definition) is 2. The zero-order valence-electron chi connectivity index (χ0n) is 11.3. The monoisotopic (exact) mass is 277 g/mol. The van der Waals surface area contributed by atoms with Crippen LogP contribution in [0, 0.1) is 11.3 Å². The Morgan fingerprint density at radius 1 is 1.35 bits per heavy atom. The van der Waals surface area contributed by atoms with Crippen molar-refractivity contribution in [3.8, 4) is 6.07 Å². The first-order valence-electron chi connectivity index (χ1n) is 7.01. The first-order valence-corrected chi connectivity index (χ1v) is 7.01. The van der Waals surface area contributed by atoms with Gasteiger partial charge in [-0.3, -0.25) is 0 Å². The van der Waals surface area contributed by atoms with Crippen molar-refractivity contribution in [3.63, 3.8) is 0 Å². The average molecular weight is 277 g/mol. The van der Waals surface area contributed by atoms with E-state index in [9.17, 15) is 10.4 Å². The Bertz CT molecular complexity index is 530. The highest BCUT2D eigenvalue weighted by Crippen LogP contribution is 2.35. The number of nitrogens with zero attached hydrogens (tertiary/aromatic N) is 4. The lowest BCUT2D eigenvalue weighted by Gasteiger charge is -2.26. The van der Waals surface area contributed by atoms with Gasteiger partial charge in [0, 0.05) is 13.1 Å². The van der Waals surface area contributed by atoms with Crippen molar-refractivity contribution < 1.29 is 9.84 Å². The smallest absolute Gasteiger partial charge is 0.171 e. The minimum Gasteiger partial charge on any atom is -0.391 e. The van der Waals surface area contributed by atoms with Crippen LogP contribution in [0.25, 0.3) is 0 Å². The molecule has 0 bridgehead atoms. The third-order valence-corrected chi connectivity index (χ3v) is 4.11. The first-order chi connectivity index (χ1) is 9.72. The summed E-state index contributed by atoms with van der Waals surface area (Å²) < 4.78 is 6.96. The molecule has 2 unspecified atom stereocenters. The fourth-order valence-electron chi connectivity index (χ4n) is 3.00. The Labute approximate surface area is 117 Å². The van der Waals surface area contributed by atoms with Crippen LogP contribution in [-0.4, -0.2) is 47.3 Å². The third-order valence-electron chi connectivity index (χ3n) is 4.11. The summed E-state index contributed by atoms with van der Waals surface area (Å²) in [6, 6.07) is 2.03. The summed E-state index contributed by atoms with van der Waals surface area (Å²) in [6.07, 6.45) is 2.14. The molecule has 20 heavy (non-hydrogen) atoms. The molecule has 2 aliphatic rings. The molecule has 2 heterocycles. The number of nitrogen functional groups attached to an aromatic ring is 1. The number of aliphatic hydroxyl groups is 1. The summed E-state index contributed by atoms with van der Waals surface area (Å²) in [4.78, 5) is 2.02. The van der Waals surface area contributed by atoms with E-state index in [2.05, 4.69) is 11.2 Å². The molecule has 3 N–H and O–H groups in total. The average Bonchev–Trinajstić information content (AvgIpc) is 3.03. The van der Waals surface area contributed by atoms with Gasteiger partial charge in [-0.2, -0.15) is 10.4 Å². The normalized spacial score (nSPS) is 26.7. The van der Waals surface area contributed by atoms with Crippen LogP contribution < -0.4 is 10.6 Å². The summed E-state index contributed by atoms with van der Waals surface area (Å²) in [5.74, 6) is 0.979. The maximum atomic E-state index is 10.0. The van der Waals surface area contributed by atoms with Gasteiger partial charge in [0.25, 0.3) is 0 Å². The lowest BCUT2D eigenvalue weighted by atomic mass is 10.2. The van der Waals surface area contributed by atoms with E-state index < -0.39 is 6.10 Å². The summed E-state index contributed by atoms with van der Waals surface area (Å²) >= 11 is 0. The van der Waals surface area contributed by atoms with Crippen molar-refractivity contribution in [1.29, 1.82) is 5.26 Å². The van der Waals surface area contributed by atoms with Gasteiger partial charge in [0.15, 0.2) is 5.82 Å². The van der Waals surface area contributed by atoms with E-state index in [1.54, 1.807) is 4.68 Å². The van der Waals surface area contributed by atoms with Gasteiger partial charge >= 0.3 is 0 Å². The molecule has 0 spiro atoms. The maximum absolute atomic E-state index is 10.0. The number of anilines is 2. The topological polar surface area (TPSA) is 100 Å². The highest BCUT2D eigenvalue weighted by molar-refractivity contribution is 5.65. The van der Waals surface area contributed by atoms with Crippen LogP contribution >= 0.6 is 0 Å². The summed E-state index contributed by atoms with van der Waals surface area (Å²) in [6.45, 7) is 2.67. The molecule has 0 amide bonds. The van der Waals surface area contributed by atoms with Crippen LogP contribution in [0.5, 0.6) is 0 Å². The van der Waals surface area contributed by atoms with E-state index in [0.717, 1.165) is 19.3 Å². The first kappa shape index (κ1) is 13.2. The molecule has 1 aromatic rings. The molecule has 7 heteroatoms. The Hall–Kier alpha value is -1.78. The molecule has 108 valence electrons. The van der Waals surface area contributed by atoms with Gasteiger partial charge in [0.1, 0.15) is 17.5 Å². The van der Waals surface area contributed by atoms with E-state index in [4.69, 9.17) is 10.5 Å². The molecule has 1 aliphatic heterocycles. The Morgan fingerprint density at radius 2 is 2.10 bits per heavy atom. The van der Waals surface area contributed by atoms with Crippen LogP contribution in [0.3, 0.4) is 0 Å². The molecular formula is C13H19N5O2. The Morgan fingerprint density at radius 3 is 2.70 bits per heavy atom. The molecule has 1 saturated carbocycles. The Balaban J connectivity index is 1.96. The number of nitriles is 1. The van der Waals surface area contributed by atoms with Crippen molar-refractivity contribution in [1.82, 2.24) is 9.78 Å². The second-order valence-corrected chi connectivity index (χ2v) is 5.31. The van der Waals surface area contributed by atoms with E-state index in [-0.39, 0.29) is 6.04 Å². The SMILES string of the molecule is N#Cc1c(N2CCOCC2)nn(C2CCCC2O)c1N. The quantitative estimate of drug-likeness (QED) is 0.804. The number of aromatic nitrogens is 2. The van der Waals surface area contributed by atoms with Gasteiger partial charge in [-0.15, -0.1) is 0 Å². The van der Waals surface area contributed by atoms with Crippen LogP contribution in [-0.2, 0) is 4.74 Å². The minimum atomic E-state index is -0.429. The molecule has 2 atom stereocenters. The lowest BCUT2D eigenvalue weighted by Crippen LogP contribution is -2.37. The number of morpholine rings is 1. The zero-order valence-corrected chi connectivity index (χ0v) is 11.3. The van der Waals surface area contributed by atoms with Gasteiger partial charge in [-0.1, -0.05) is 0 Å². The largest absolute Gasteiger partial charge is 0.391 e. The molecule has 1 aliphatic carbocycles. The van der Waals surface area contributed by atoms with Crippen molar-refractivity contribution in [2.75, 3.05) is 36.9 Å². The van der Waals surface area contributed by atoms with Crippen LogP contribution in [0.15, 0.2) is 0 Å². The van der Waals surface area contributed by atoms with Gasteiger partial charge < -0.3 is 20.5 Å². The van der Waals surface area contributed by atoms with Gasteiger partial charge in [0.2, 0.25) is 0 Å². The highest BCUT2D eigenvalue weighted by atomic mass is 16.5. The van der Waals surface area contributed by atoms with Crippen molar-refractivity contribution in [2.45, 2.75) is 31.4 Å². The van der Waals surface area contributed by atoms with Crippen LogP contribution in [0.4, 0.5) is 11.6 Å². The maximum Gasteiger partial charge on any atom is 0.171 e. The van der Waals surface area contributed by atoms with Crippen LogP contribution in [0.2, 0.25) is 0 Å². The minimum absolute atomic E-state index is 0.114. The van der Waals surface area contributed by atoms with E-state index in [1.165, 1.54) is 0 Å². The standard InChI is InChI=1S/C13H19N5O2/c14-8-9-12(15)18(10-2-1-3-11(10)19)16-13(9)17-4-6-20-7-5-17/h10-11,19H,1-7,15H2. The fraction of sp³-hybridized carbons (Fsp3) is 0.692. The molecule has 2 fully saturated rings. The van der Waals surface area contributed by atoms with E-state index in [1.807, 2.05) is 4.90 Å². The fourth-order valence-corrected chi connectivity index (χ4v) is 3.00. The van der Waals surface area contributed by atoms with Crippen molar-refractivity contribution >= 4 is 11.6 Å². The summed E-state index contributed by atoms with van der Waals surface area (Å²) in [5, 5.41) is 23.9. The van der Waals surface area contributed by atoms with E-state index in [0.29, 0.717) is 43.5 Å². The predicted molar refractivity (Wildman–Crippen MR) is 73.3 cm³/mol. The van der Waals surface area contributed by atoms with Gasteiger partial charge in [-0.05, 0) is 19.3 Å². The number of nitrogens with two attached hydrogens (primary N) is 1. The number of hydrogen-bond acceptors (Lipinski definition) is 6. The van der Waals surface area contributed by atoms with E-state index >= 15 is 0 Å². The van der Waals surface area contributed by atoms with Crippen molar-refractivity contribution in [3.05, 3.63) is 5.56 Å². The second kappa shape index (κ2) is 5.31. The second-order valence-electron chi connectivity index (χ2n) is 5.31. The highest BCUT2D eigenvalue weighted by Gasteiger charge is 2.32. The molecule has 1 aromatic heterocycles. The molecule has 3 rings (SSSR count). The van der Waals surface area contributed by atoms with Crippen LogP contribution in [0.1, 0.15) is 30.9 Å². The number of ether oxygens (including phenoxy) is 1. The molecule has 7 nitrogen and oxygen atoms in total. The molecule has 0 radical (unpaired) electrons. The Kier molecular flexibility index (Phi) is 3.51. The lowest BCUT2D eigenvalue weighted by molar-refractivity contribution is 0.121. The summed E-state index contributed by atoms with van der Waals surface area (Å²) in [7, 11) is 0. The molecule has 1 saturated heterocycles. The molecule has 0 aromatic carbocycles. The zero-order chi connectivity index (χ0) is 14.1. The van der Waals surface area contributed by atoms with Crippen molar-refractivity contribution in [2.24, 2.45) is 0 Å². The van der Waals surface area contributed by atoms with Gasteiger partial charge in [-0.25, -0.2) is 4.68 Å². The number of rotatable bonds is 2.